The van der Waals surface area contributed by atoms with Gasteiger partial charge in [0.05, 0.1) is 11.3 Å². The lowest BCUT2D eigenvalue weighted by molar-refractivity contribution is 0.477. The van der Waals surface area contributed by atoms with Crippen molar-refractivity contribution in [3.63, 3.8) is 0 Å². The van der Waals surface area contributed by atoms with Crippen molar-refractivity contribution in [1.29, 1.82) is 0 Å². The third-order valence-corrected chi connectivity index (χ3v) is 4.06. The van der Waals surface area contributed by atoms with Crippen LogP contribution >= 0.6 is 11.3 Å². The number of aryl methyl sites for hydroxylation is 1. The molecule has 0 fully saturated rings. The Labute approximate surface area is 120 Å². The quantitative estimate of drug-likeness (QED) is 0.744. The zero-order valence-corrected chi connectivity index (χ0v) is 11.6. The third-order valence-electron chi connectivity index (χ3n) is 3.06. The van der Waals surface area contributed by atoms with Gasteiger partial charge in [0.1, 0.15) is 16.6 Å². The molecule has 0 atom stereocenters. The van der Waals surface area contributed by atoms with E-state index in [1.54, 1.807) is 36.4 Å². The molecule has 3 rings (SSSR count). The number of hydrogen-bond donors (Lipinski definition) is 1. The van der Waals surface area contributed by atoms with Gasteiger partial charge in [-0.15, -0.1) is 11.3 Å². The molecule has 0 saturated carbocycles. The van der Waals surface area contributed by atoms with Crippen LogP contribution < -0.4 is 0 Å². The molecule has 0 saturated heterocycles. The van der Waals surface area contributed by atoms with E-state index in [4.69, 9.17) is 0 Å². The number of phenolic OH excluding ortho intramolecular Hbond substituents is 1. The van der Waals surface area contributed by atoms with E-state index in [-0.39, 0.29) is 11.6 Å². The Bertz CT molecular complexity index is 767. The van der Waals surface area contributed by atoms with Gasteiger partial charge in [0.15, 0.2) is 0 Å². The van der Waals surface area contributed by atoms with Crippen LogP contribution in [-0.4, -0.2) is 10.1 Å². The fourth-order valence-electron chi connectivity index (χ4n) is 2.07. The van der Waals surface area contributed by atoms with Crippen molar-refractivity contribution < 1.29 is 9.50 Å². The zero-order chi connectivity index (χ0) is 14.1. The lowest BCUT2D eigenvalue weighted by Gasteiger charge is -2.00. The van der Waals surface area contributed by atoms with Gasteiger partial charge in [-0.2, -0.15) is 0 Å². The molecule has 100 valence electrons. The maximum Gasteiger partial charge on any atom is 0.132 e. The van der Waals surface area contributed by atoms with E-state index in [0.29, 0.717) is 21.8 Å². The van der Waals surface area contributed by atoms with Crippen LogP contribution in [0.15, 0.2) is 48.5 Å². The monoisotopic (exact) mass is 285 g/mol. The highest BCUT2D eigenvalue weighted by atomic mass is 32.1. The number of benzene rings is 2. The molecule has 20 heavy (non-hydrogen) atoms. The van der Waals surface area contributed by atoms with Crippen LogP contribution in [-0.2, 0) is 0 Å². The smallest absolute Gasteiger partial charge is 0.132 e. The molecule has 1 aromatic heterocycles. The van der Waals surface area contributed by atoms with Gasteiger partial charge in [0.2, 0.25) is 0 Å². The van der Waals surface area contributed by atoms with Crippen molar-refractivity contribution in [1.82, 2.24) is 4.98 Å². The highest BCUT2D eigenvalue weighted by molar-refractivity contribution is 7.15. The first-order chi connectivity index (χ1) is 9.66. The molecule has 0 bridgehead atoms. The molecule has 3 aromatic rings. The molecule has 0 aliphatic heterocycles. The van der Waals surface area contributed by atoms with Crippen molar-refractivity contribution >= 4 is 11.3 Å². The predicted molar refractivity (Wildman–Crippen MR) is 79.3 cm³/mol. The maximum atomic E-state index is 13.9. The zero-order valence-electron chi connectivity index (χ0n) is 10.8. The number of thiazole rings is 1. The van der Waals surface area contributed by atoms with Crippen molar-refractivity contribution in [2.24, 2.45) is 0 Å². The van der Waals surface area contributed by atoms with Crippen molar-refractivity contribution in [2.45, 2.75) is 6.92 Å². The molecule has 0 radical (unpaired) electrons. The van der Waals surface area contributed by atoms with E-state index < -0.39 is 0 Å². The number of aromatic nitrogens is 1. The molecule has 0 amide bonds. The Morgan fingerprint density at radius 2 is 1.65 bits per heavy atom. The second-order valence-electron chi connectivity index (χ2n) is 4.42. The molecule has 2 nitrogen and oxygen atoms in total. The maximum absolute atomic E-state index is 13.9. The first-order valence-electron chi connectivity index (χ1n) is 6.17. The first kappa shape index (κ1) is 12.8. The molecular formula is C16H12FNOS. The van der Waals surface area contributed by atoms with Crippen molar-refractivity contribution in [3.05, 3.63) is 59.2 Å². The molecule has 0 aliphatic rings. The van der Waals surface area contributed by atoms with E-state index >= 15 is 0 Å². The van der Waals surface area contributed by atoms with Gasteiger partial charge in [0, 0.05) is 10.4 Å². The Kier molecular flexibility index (Phi) is 3.24. The van der Waals surface area contributed by atoms with Gasteiger partial charge in [-0.05, 0) is 31.2 Å². The summed E-state index contributed by atoms with van der Waals surface area (Å²) < 4.78 is 13.9. The summed E-state index contributed by atoms with van der Waals surface area (Å²) >= 11 is 1.45. The van der Waals surface area contributed by atoms with Gasteiger partial charge >= 0.3 is 0 Å². The van der Waals surface area contributed by atoms with E-state index in [1.165, 1.54) is 17.4 Å². The fraction of sp³-hybridized carbons (Fsp3) is 0.0625. The van der Waals surface area contributed by atoms with Gasteiger partial charge < -0.3 is 5.11 Å². The van der Waals surface area contributed by atoms with Crippen LogP contribution in [0.4, 0.5) is 4.39 Å². The second kappa shape index (κ2) is 5.06. The minimum atomic E-state index is -0.287. The third kappa shape index (κ3) is 2.18. The number of rotatable bonds is 2. The van der Waals surface area contributed by atoms with E-state index in [0.717, 1.165) is 4.88 Å². The van der Waals surface area contributed by atoms with Gasteiger partial charge in [-0.3, -0.25) is 0 Å². The Hall–Kier alpha value is -2.20. The largest absolute Gasteiger partial charge is 0.507 e. The molecule has 1 N–H and O–H groups in total. The van der Waals surface area contributed by atoms with Crippen LogP contribution in [0.2, 0.25) is 0 Å². The van der Waals surface area contributed by atoms with Gasteiger partial charge in [-0.1, -0.05) is 24.3 Å². The van der Waals surface area contributed by atoms with Crippen LogP contribution in [0.25, 0.3) is 21.8 Å². The lowest BCUT2D eigenvalue weighted by Crippen LogP contribution is -1.86. The predicted octanol–water partition coefficient (Wildman–Crippen LogP) is 4.63. The summed E-state index contributed by atoms with van der Waals surface area (Å²) in [5.41, 5.74) is 1.79. The molecule has 0 spiro atoms. The number of hydrogen-bond acceptors (Lipinski definition) is 3. The normalized spacial score (nSPS) is 10.7. The van der Waals surface area contributed by atoms with Crippen molar-refractivity contribution in [2.75, 3.05) is 0 Å². The average Bonchev–Trinajstić information content (AvgIpc) is 2.81. The second-order valence-corrected chi connectivity index (χ2v) is 5.62. The minimum absolute atomic E-state index is 0.182. The van der Waals surface area contributed by atoms with Gasteiger partial charge in [-0.25, -0.2) is 9.37 Å². The molecule has 1 heterocycles. The number of aromatic hydroxyl groups is 1. The van der Waals surface area contributed by atoms with Crippen molar-refractivity contribution in [3.8, 4) is 27.6 Å². The van der Waals surface area contributed by atoms with Crippen LogP contribution in [0.5, 0.6) is 5.75 Å². The van der Waals surface area contributed by atoms with E-state index in [1.807, 2.05) is 13.0 Å². The number of para-hydroxylation sites is 1. The highest BCUT2D eigenvalue weighted by Crippen LogP contribution is 2.37. The van der Waals surface area contributed by atoms with E-state index in [2.05, 4.69) is 4.98 Å². The summed E-state index contributed by atoms with van der Waals surface area (Å²) in [5.74, 6) is -0.105. The molecule has 2 aromatic carbocycles. The number of halogens is 1. The Morgan fingerprint density at radius 3 is 2.35 bits per heavy atom. The average molecular weight is 285 g/mol. The number of nitrogens with zero attached hydrogens (tertiary/aromatic N) is 1. The topological polar surface area (TPSA) is 33.1 Å². The Morgan fingerprint density at radius 1 is 1.00 bits per heavy atom. The molecule has 0 aliphatic carbocycles. The highest BCUT2D eigenvalue weighted by Gasteiger charge is 2.15. The number of phenols is 1. The molecule has 0 unspecified atom stereocenters. The SMILES string of the molecule is Cc1sc(-c2ccccc2O)nc1-c1ccccc1F. The first-order valence-corrected chi connectivity index (χ1v) is 6.99. The Balaban J connectivity index is 2.13. The lowest BCUT2D eigenvalue weighted by atomic mass is 10.1. The van der Waals surface area contributed by atoms with Crippen LogP contribution in [0, 0.1) is 12.7 Å². The molecular weight excluding hydrogens is 273 g/mol. The standard InChI is InChI=1S/C16H12FNOS/c1-10-15(11-6-2-4-8-13(11)17)18-16(20-10)12-7-3-5-9-14(12)19/h2-9,19H,1H3. The summed E-state index contributed by atoms with van der Waals surface area (Å²) in [7, 11) is 0. The van der Waals surface area contributed by atoms with Crippen LogP contribution in [0.3, 0.4) is 0 Å². The molecule has 4 heteroatoms. The summed E-state index contributed by atoms with van der Waals surface area (Å²) in [6, 6.07) is 13.6. The summed E-state index contributed by atoms with van der Waals surface area (Å²) in [6.45, 7) is 1.91. The fourth-order valence-corrected chi connectivity index (χ4v) is 3.03. The summed E-state index contributed by atoms with van der Waals surface area (Å²) in [5, 5.41) is 10.6. The van der Waals surface area contributed by atoms with E-state index in [9.17, 15) is 9.50 Å². The summed E-state index contributed by atoms with van der Waals surface area (Å²) in [4.78, 5) is 5.41. The van der Waals surface area contributed by atoms with Crippen LogP contribution in [0.1, 0.15) is 4.88 Å². The van der Waals surface area contributed by atoms with Gasteiger partial charge in [0.25, 0.3) is 0 Å². The summed E-state index contributed by atoms with van der Waals surface area (Å²) in [6.07, 6.45) is 0. The minimum Gasteiger partial charge on any atom is -0.507 e.